The van der Waals surface area contributed by atoms with Crippen molar-refractivity contribution in [2.75, 3.05) is 6.61 Å². The van der Waals surface area contributed by atoms with Crippen LogP contribution in [0.25, 0.3) is 0 Å². The maximum Gasteiger partial charge on any atom is 0.351 e. The average molecular weight is 477 g/mol. The van der Waals surface area contributed by atoms with Crippen LogP contribution in [0.5, 0.6) is 0 Å². The molecule has 0 spiro atoms. The molecule has 3 saturated carbocycles. The fourth-order valence-electron chi connectivity index (χ4n) is 7.78. The van der Waals surface area contributed by atoms with Gasteiger partial charge in [-0.3, -0.25) is 9.59 Å². The van der Waals surface area contributed by atoms with Gasteiger partial charge in [0.1, 0.15) is 0 Å². The van der Waals surface area contributed by atoms with E-state index < -0.39 is 52.0 Å². The van der Waals surface area contributed by atoms with E-state index in [4.69, 9.17) is 9.47 Å². The van der Waals surface area contributed by atoms with Crippen LogP contribution in [0.3, 0.4) is 0 Å². The standard InChI is InChI=1S/C27H37FO6/c1-6-12-33-23(32)27(34-22(31)7-2)16(3)13-20-19-9-8-17-14-18(29)10-11-24(17,4)26(19,28)21(30)15-25(20,27)5/h10-11,14,16,19-21,30H,6-9,12-13,15H2,1-5H3/t16-,19?,20?,21-,24?,25?,26?,27-/m0/s1. The van der Waals surface area contributed by atoms with Crippen LogP contribution in [0.1, 0.15) is 73.1 Å². The van der Waals surface area contributed by atoms with Crippen LogP contribution in [-0.2, 0) is 23.9 Å². The summed E-state index contributed by atoms with van der Waals surface area (Å²) in [4.78, 5) is 38.2. The number of alkyl halides is 1. The Kier molecular flexibility index (Phi) is 6.11. The molecule has 0 aromatic rings. The number of fused-ring (bicyclic) bond motifs is 5. The van der Waals surface area contributed by atoms with Crippen molar-refractivity contribution in [2.45, 2.75) is 90.5 Å². The van der Waals surface area contributed by atoms with Gasteiger partial charge in [-0.1, -0.05) is 39.3 Å². The summed E-state index contributed by atoms with van der Waals surface area (Å²) in [6.45, 7) is 9.23. The highest BCUT2D eigenvalue weighted by molar-refractivity contribution is 6.01. The first-order valence-electron chi connectivity index (χ1n) is 12.6. The molecule has 0 aromatic carbocycles. The van der Waals surface area contributed by atoms with Gasteiger partial charge >= 0.3 is 11.9 Å². The van der Waals surface area contributed by atoms with Gasteiger partial charge in [0.2, 0.25) is 5.60 Å². The van der Waals surface area contributed by atoms with Crippen molar-refractivity contribution < 1.29 is 33.4 Å². The quantitative estimate of drug-likeness (QED) is 0.597. The fourth-order valence-corrected chi connectivity index (χ4v) is 7.78. The number of rotatable bonds is 5. The highest BCUT2D eigenvalue weighted by Gasteiger charge is 2.78. The van der Waals surface area contributed by atoms with Gasteiger partial charge in [-0.25, -0.2) is 9.18 Å². The van der Waals surface area contributed by atoms with Gasteiger partial charge in [-0.05, 0) is 57.1 Å². The van der Waals surface area contributed by atoms with E-state index in [-0.39, 0.29) is 31.1 Å². The number of aliphatic hydroxyl groups is 1. The third kappa shape index (κ3) is 3.04. The van der Waals surface area contributed by atoms with Gasteiger partial charge in [0.15, 0.2) is 11.5 Å². The molecule has 4 aliphatic carbocycles. The molecule has 4 aliphatic rings. The second-order valence-corrected chi connectivity index (χ2v) is 11.1. The van der Waals surface area contributed by atoms with Crippen molar-refractivity contribution in [3.8, 4) is 0 Å². The topological polar surface area (TPSA) is 89.9 Å². The van der Waals surface area contributed by atoms with Crippen molar-refractivity contribution in [3.63, 3.8) is 0 Å². The van der Waals surface area contributed by atoms with Crippen LogP contribution in [0.15, 0.2) is 23.8 Å². The van der Waals surface area contributed by atoms with Crippen molar-refractivity contribution in [2.24, 2.45) is 28.6 Å². The molecule has 4 rings (SSSR count). The number of aliphatic hydroxyl groups excluding tert-OH is 1. The SMILES string of the molecule is CCCOC(=O)[C@@]1(OC(=O)CC)[C@@H](C)CC2C3CCC4=CC(=O)C=CC4(C)C3(F)[C@@H](O)CC21C. The molecule has 0 bridgehead atoms. The molecular weight excluding hydrogens is 439 g/mol. The maximum atomic E-state index is 17.3. The van der Waals surface area contributed by atoms with Gasteiger partial charge in [0, 0.05) is 29.1 Å². The second-order valence-electron chi connectivity index (χ2n) is 11.1. The molecule has 188 valence electrons. The van der Waals surface area contributed by atoms with Crippen molar-refractivity contribution >= 4 is 17.7 Å². The Labute approximate surface area is 200 Å². The predicted octanol–water partition coefficient (Wildman–Crippen LogP) is 4.25. The smallest absolute Gasteiger partial charge is 0.351 e. The molecule has 0 saturated heterocycles. The summed E-state index contributed by atoms with van der Waals surface area (Å²) < 4.78 is 28.9. The zero-order valence-corrected chi connectivity index (χ0v) is 20.9. The molecule has 0 heterocycles. The Balaban J connectivity index is 1.83. The Morgan fingerprint density at radius 3 is 2.59 bits per heavy atom. The van der Waals surface area contributed by atoms with Crippen LogP contribution in [-0.4, -0.2) is 46.8 Å². The molecule has 5 unspecified atom stereocenters. The number of ether oxygens (including phenoxy) is 2. The first-order chi connectivity index (χ1) is 15.9. The van der Waals surface area contributed by atoms with E-state index in [1.165, 1.54) is 12.2 Å². The predicted molar refractivity (Wildman–Crippen MR) is 123 cm³/mol. The highest BCUT2D eigenvalue weighted by atomic mass is 19.1. The van der Waals surface area contributed by atoms with Gasteiger partial charge in [0.05, 0.1) is 12.7 Å². The van der Waals surface area contributed by atoms with Crippen molar-refractivity contribution in [1.82, 2.24) is 0 Å². The largest absolute Gasteiger partial charge is 0.463 e. The molecule has 0 aromatic heterocycles. The third-order valence-corrected chi connectivity index (χ3v) is 9.49. The highest BCUT2D eigenvalue weighted by Crippen LogP contribution is 2.71. The summed E-state index contributed by atoms with van der Waals surface area (Å²) >= 11 is 0. The monoisotopic (exact) mass is 476 g/mol. The third-order valence-electron chi connectivity index (χ3n) is 9.49. The zero-order valence-electron chi connectivity index (χ0n) is 20.9. The number of hydrogen-bond acceptors (Lipinski definition) is 6. The van der Waals surface area contributed by atoms with E-state index in [2.05, 4.69) is 0 Å². The lowest BCUT2D eigenvalue weighted by atomic mass is 9.44. The van der Waals surface area contributed by atoms with Crippen LogP contribution < -0.4 is 0 Å². The molecule has 0 aliphatic heterocycles. The Morgan fingerprint density at radius 1 is 1.24 bits per heavy atom. The number of carbonyl (C=O) groups excluding carboxylic acids is 3. The molecule has 34 heavy (non-hydrogen) atoms. The van der Waals surface area contributed by atoms with E-state index in [1.54, 1.807) is 19.9 Å². The number of ketones is 1. The van der Waals surface area contributed by atoms with Gasteiger partial charge in [-0.15, -0.1) is 0 Å². The van der Waals surface area contributed by atoms with Gasteiger partial charge in [0.25, 0.3) is 0 Å². The lowest BCUT2D eigenvalue weighted by Gasteiger charge is -2.62. The number of hydrogen-bond donors (Lipinski definition) is 1. The minimum absolute atomic E-state index is 0.0438. The Hall–Kier alpha value is -2.02. The minimum Gasteiger partial charge on any atom is -0.463 e. The summed E-state index contributed by atoms with van der Waals surface area (Å²) in [7, 11) is 0. The van der Waals surface area contributed by atoms with E-state index in [0.717, 1.165) is 0 Å². The summed E-state index contributed by atoms with van der Waals surface area (Å²) in [5.74, 6) is -2.54. The van der Waals surface area contributed by atoms with Crippen LogP contribution in [0.4, 0.5) is 4.39 Å². The lowest BCUT2D eigenvalue weighted by molar-refractivity contribution is -0.236. The summed E-state index contributed by atoms with van der Waals surface area (Å²) in [6, 6.07) is 0. The Morgan fingerprint density at radius 2 is 1.94 bits per heavy atom. The molecule has 6 nitrogen and oxygen atoms in total. The molecule has 0 amide bonds. The van der Waals surface area contributed by atoms with Crippen LogP contribution >= 0.6 is 0 Å². The molecular formula is C27H37FO6. The number of esters is 2. The maximum absolute atomic E-state index is 17.3. The first-order valence-corrected chi connectivity index (χ1v) is 12.6. The lowest BCUT2D eigenvalue weighted by Crippen LogP contribution is -2.70. The number of halogens is 1. The van der Waals surface area contributed by atoms with E-state index in [0.29, 0.717) is 31.3 Å². The molecule has 7 heteroatoms. The zero-order chi connectivity index (χ0) is 25.1. The van der Waals surface area contributed by atoms with Crippen molar-refractivity contribution in [1.29, 1.82) is 0 Å². The van der Waals surface area contributed by atoms with Gasteiger partial charge < -0.3 is 14.6 Å². The normalized spacial score (nSPS) is 45.0. The molecule has 3 fully saturated rings. The van der Waals surface area contributed by atoms with E-state index >= 15 is 4.39 Å². The molecule has 1 N–H and O–H groups in total. The summed E-state index contributed by atoms with van der Waals surface area (Å²) in [5, 5.41) is 11.5. The van der Waals surface area contributed by atoms with Gasteiger partial charge in [-0.2, -0.15) is 0 Å². The first kappa shape index (κ1) is 25.1. The summed E-state index contributed by atoms with van der Waals surface area (Å²) in [5.41, 5.74) is -4.98. The molecule has 8 atom stereocenters. The fraction of sp³-hybridized carbons (Fsp3) is 0.741. The van der Waals surface area contributed by atoms with Crippen molar-refractivity contribution in [3.05, 3.63) is 23.8 Å². The van der Waals surface area contributed by atoms with Crippen LogP contribution in [0.2, 0.25) is 0 Å². The summed E-state index contributed by atoms with van der Waals surface area (Å²) in [6.07, 6.45) is 5.24. The average Bonchev–Trinajstić information content (AvgIpc) is 3.00. The number of allylic oxidation sites excluding steroid dienone is 4. The van der Waals surface area contributed by atoms with Crippen LogP contribution in [0, 0.1) is 28.6 Å². The Bertz CT molecular complexity index is 957. The minimum atomic E-state index is -2.00. The second kappa shape index (κ2) is 8.28. The molecule has 0 radical (unpaired) electrons. The van der Waals surface area contributed by atoms with E-state index in [1.807, 2.05) is 20.8 Å². The number of carbonyl (C=O) groups is 3. The van der Waals surface area contributed by atoms with E-state index in [9.17, 15) is 19.5 Å².